The lowest BCUT2D eigenvalue weighted by atomic mass is 9.99. The van der Waals surface area contributed by atoms with Gasteiger partial charge in [0.05, 0.1) is 0 Å². The van der Waals surface area contributed by atoms with Gasteiger partial charge >= 0.3 is 0 Å². The molecular weight excluding hydrogens is 370 g/mol. The van der Waals surface area contributed by atoms with Gasteiger partial charge in [0.15, 0.2) is 5.82 Å². The van der Waals surface area contributed by atoms with Gasteiger partial charge in [0, 0.05) is 30.9 Å². The highest BCUT2D eigenvalue weighted by Crippen LogP contribution is 2.30. The van der Waals surface area contributed by atoms with Crippen LogP contribution >= 0.6 is 31.9 Å². The summed E-state index contributed by atoms with van der Waals surface area (Å²) < 4.78 is 1.58. The Morgan fingerprint density at radius 3 is 2.58 bits per heavy atom. The van der Waals surface area contributed by atoms with E-state index in [1.54, 1.807) is 0 Å². The third-order valence-corrected chi connectivity index (χ3v) is 4.16. The van der Waals surface area contributed by atoms with Gasteiger partial charge in [-0.15, -0.1) is 0 Å². The van der Waals surface area contributed by atoms with Crippen molar-refractivity contribution in [2.75, 3.05) is 18.5 Å². The molecule has 0 saturated carbocycles. The smallest absolute Gasteiger partial charge is 0.161 e. The van der Waals surface area contributed by atoms with Crippen LogP contribution in [0.15, 0.2) is 33.5 Å². The van der Waals surface area contributed by atoms with Crippen molar-refractivity contribution in [1.82, 2.24) is 9.97 Å². The zero-order valence-electron chi connectivity index (χ0n) is 10.5. The van der Waals surface area contributed by atoms with Gasteiger partial charge in [-0.3, -0.25) is 0 Å². The molecular formula is C14H13Br2N3. The van der Waals surface area contributed by atoms with Crippen LogP contribution in [0.3, 0.4) is 0 Å². The van der Waals surface area contributed by atoms with Crippen molar-refractivity contribution in [3.05, 3.63) is 39.0 Å². The molecule has 0 N–H and O–H groups in total. The van der Waals surface area contributed by atoms with E-state index in [-0.39, 0.29) is 0 Å². The summed E-state index contributed by atoms with van der Waals surface area (Å²) >= 11 is 6.81. The Hall–Kier alpha value is -0.940. The summed E-state index contributed by atoms with van der Waals surface area (Å²) in [5.41, 5.74) is 3.77. The van der Waals surface area contributed by atoms with Gasteiger partial charge in [-0.25, -0.2) is 9.97 Å². The minimum atomic E-state index is 0.747. The first kappa shape index (κ1) is 13.1. The fourth-order valence-corrected chi connectivity index (χ4v) is 3.52. The lowest BCUT2D eigenvalue weighted by molar-refractivity contribution is 0.744. The van der Waals surface area contributed by atoms with Crippen LogP contribution in [-0.4, -0.2) is 23.6 Å². The van der Waals surface area contributed by atoms with E-state index in [9.17, 15) is 0 Å². The molecule has 0 aliphatic carbocycles. The SMILES string of the molecule is CN1CCCc2cc(-c3nc(Br)cc(Br)n3)ccc21. The maximum Gasteiger partial charge on any atom is 0.161 e. The van der Waals surface area contributed by atoms with Crippen molar-refractivity contribution in [2.45, 2.75) is 12.8 Å². The summed E-state index contributed by atoms with van der Waals surface area (Å²) in [5, 5.41) is 0. The summed E-state index contributed by atoms with van der Waals surface area (Å²) in [6, 6.07) is 8.31. The number of aromatic nitrogens is 2. The minimum Gasteiger partial charge on any atom is -0.374 e. The molecule has 0 bridgehead atoms. The summed E-state index contributed by atoms with van der Waals surface area (Å²) in [6.07, 6.45) is 2.33. The van der Waals surface area contributed by atoms with Crippen molar-refractivity contribution in [3.8, 4) is 11.4 Å². The van der Waals surface area contributed by atoms with Crippen molar-refractivity contribution < 1.29 is 0 Å². The van der Waals surface area contributed by atoms with Crippen LogP contribution in [0.2, 0.25) is 0 Å². The number of rotatable bonds is 1. The molecule has 1 aromatic heterocycles. The average molecular weight is 383 g/mol. The van der Waals surface area contributed by atoms with E-state index in [0.717, 1.165) is 33.6 Å². The number of benzene rings is 1. The molecule has 5 heteroatoms. The monoisotopic (exact) mass is 381 g/mol. The second kappa shape index (κ2) is 5.21. The predicted octanol–water partition coefficient (Wildman–Crippen LogP) is 4.05. The van der Waals surface area contributed by atoms with Crippen molar-refractivity contribution in [3.63, 3.8) is 0 Å². The molecule has 0 spiro atoms. The molecule has 3 rings (SSSR count). The third-order valence-electron chi connectivity index (χ3n) is 3.35. The fraction of sp³-hybridized carbons (Fsp3) is 0.286. The highest BCUT2D eigenvalue weighted by atomic mass is 79.9. The molecule has 0 saturated heterocycles. The number of hydrogen-bond acceptors (Lipinski definition) is 3. The lowest BCUT2D eigenvalue weighted by Crippen LogP contribution is -2.24. The second-order valence-corrected chi connectivity index (χ2v) is 6.33. The van der Waals surface area contributed by atoms with Gasteiger partial charge in [0.25, 0.3) is 0 Å². The molecule has 3 nitrogen and oxygen atoms in total. The minimum absolute atomic E-state index is 0.747. The number of halogens is 2. The zero-order valence-corrected chi connectivity index (χ0v) is 13.7. The highest BCUT2D eigenvalue weighted by Gasteiger charge is 2.15. The predicted molar refractivity (Wildman–Crippen MR) is 84.5 cm³/mol. The van der Waals surface area contributed by atoms with Gasteiger partial charge in [-0.1, -0.05) is 0 Å². The van der Waals surface area contributed by atoms with Crippen molar-refractivity contribution >= 4 is 37.5 Å². The Morgan fingerprint density at radius 2 is 1.84 bits per heavy atom. The molecule has 0 unspecified atom stereocenters. The quantitative estimate of drug-likeness (QED) is 0.696. The zero-order chi connectivity index (χ0) is 13.4. The van der Waals surface area contributed by atoms with E-state index < -0.39 is 0 Å². The fourth-order valence-electron chi connectivity index (χ4n) is 2.44. The molecule has 98 valence electrons. The number of hydrogen-bond donors (Lipinski definition) is 0. The average Bonchev–Trinajstić information content (AvgIpc) is 2.37. The molecule has 19 heavy (non-hydrogen) atoms. The van der Waals surface area contributed by atoms with Crippen LogP contribution in [0.25, 0.3) is 11.4 Å². The topological polar surface area (TPSA) is 29.0 Å². The third kappa shape index (κ3) is 2.67. The van der Waals surface area contributed by atoms with Crippen molar-refractivity contribution in [1.29, 1.82) is 0 Å². The second-order valence-electron chi connectivity index (χ2n) is 4.71. The molecule has 0 radical (unpaired) electrons. The molecule has 0 atom stereocenters. The Kier molecular flexibility index (Phi) is 3.58. The normalized spacial score (nSPS) is 14.4. The van der Waals surface area contributed by atoms with E-state index in [2.05, 4.69) is 72.0 Å². The Bertz CT molecular complexity index is 608. The van der Waals surface area contributed by atoms with Gasteiger partial charge in [-0.05, 0) is 68.5 Å². The van der Waals surface area contributed by atoms with E-state index in [0.29, 0.717) is 0 Å². The van der Waals surface area contributed by atoms with Crippen LogP contribution in [0.5, 0.6) is 0 Å². The number of nitrogens with zero attached hydrogens (tertiary/aromatic N) is 3. The number of fused-ring (bicyclic) bond motifs is 1. The van der Waals surface area contributed by atoms with Crippen LogP contribution in [0.1, 0.15) is 12.0 Å². The molecule has 1 aromatic carbocycles. The van der Waals surface area contributed by atoms with Gasteiger partial charge < -0.3 is 4.90 Å². The standard InChI is InChI=1S/C14H13Br2N3/c1-19-6-2-3-9-7-10(4-5-11(9)19)14-17-12(15)8-13(16)18-14/h4-5,7-8H,2-3,6H2,1H3. The number of anilines is 1. The summed E-state index contributed by atoms with van der Waals surface area (Å²) in [4.78, 5) is 11.2. The maximum atomic E-state index is 4.43. The van der Waals surface area contributed by atoms with E-state index >= 15 is 0 Å². The lowest BCUT2D eigenvalue weighted by Gasteiger charge is -2.27. The summed E-state index contributed by atoms with van der Waals surface area (Å²) in [7, 11) is 2.14. The maximum absolute atomic E-state index is 4.43. The van der Waals surface area contributed by atoms with Gasteiger partial charge in [0.2, 0.25) is 0 Å². The number of aryl methyl sites for hydroxylation is 1. The van der Waals surface area contributed by atoms with Gasteiger partial charge in [0.1, 0.15) is 9.21 Å². The van der Waals surface area contributed by atoms with Gasteiger partial charge in [-0.2, -0.15) is 0 Å². The Labute approximate surface area is 129 Å². The van der Waals surface area contributed by atoms with Crippen molar-refractivity contribution in [2.24, 2.45) is 0 Å². The van der Waals surface area contributed by atoms with E-state index in [1.807, 2.05) is 6.07 Å². The molecule has 0 fully saturated rings. The molecule has 0 amide bonds. The van der Waals surface area contributed by atoms with Crippen LogP contribution in [0, 0.1) is 0 Å². The van der Waals surface area contributed by atoms with E-state index in [1.165, 1.54) is 17.7 Å². The largest absolute Gasteiger partial charge is 0.374 e. The Balaban J connectivity index is 2.06. The molecule has 2 heterocycles. The van der Waals surface area contributed by atoms with Crippen LogP contribution in [0.4, 0.5) is 5.69 Å². The summed E-state index contributed by atoms with van der Waals surface area (Å²) in [6.45, 7) is 1.13. The molecule has 2 aromatic rings. The molecule has 1 aliphatic rings. The highest BCUT2D eigenvalue weighted by molar-refractivity contribution is 9.11. The first-order valence-electron chi connectivity index (χ1n) is 6.18. The Morgan fingerprint density at radius 1 is 1.11 bits per heavy atom. The first-order chi connectivity index (χ1) is 9.13. The van der Waals surface area contributed by atoms with E-state index in [4.69, 9.17) is 0 Å². The first-order valence-corrected chi connectivity index (χ1v) is 7.76. The van der Waals surface area contributed by atoms with Crippen LogP contribution in [-0.2, 0) is 6.42 Å². The summed E-state index contributed by atoms with van der Waals surface area (Å²) in [5.74, 6) is 0.747. The molecule has 1 aliphatic heterocycles. The van der Waals surface area contributed by atoms with Crippen LogP contribution < -0.4 is 4.90 Å².